The Kier molecular flexibility index (Phi) is 8.89. The summed E-state index contributed by atoms with van der Waals surface area (Å²) < 4.78 is 6.86. The number of quaternary nitrogens is 1. The summed E-state index contributed by atoms with van der Waals surface area (Å²) in [5.41, 5.74) is 0. The molecule has 1 amide bonds. The minimum Gasteiger partial charge on any atom is -0.454 e. The van der Waals surface area contributed by atoms with Gasteiger partial charge in [0, 0.05) is 19.4 Å². The highest BCUT2D eigenvalue weighted by Crippen LogP contribution is 2.20. The average Bonchev–Trinajstić information content (AvgIpc) is 2.99. The van der Waals surface area contributed by atoms with Crippen LogP contribution in [-0.4, -0.2) is 67.1 Å². The molecule has 2 fully saturated rings. The third kappa shape index (κ3) is 7.26. The van der Waals surface area contributed by atoms with Crippen molar-refractivity contribution in [3.63, 3.8) is 0 Å². The summed E-state index contributed by atoms with van der Waals surface area (Å²) >= 11 is 0. The third-order valence-corrected chi connectivity index (χ3v) is 5.92. The van der Waals surface area contributed by atoms with Gasteiger partial charge in [0.05, 0.1) is 26.7 Å². The number of esters is 1. The van der Waals surface area contributed by atoms with Crippen molar-refractivity contribution in [1.82, 2.24) is 4.90 Å². The lowest BCUT2D eigenvalue weighted by atomic mass is 10.1. The molecular formula is C21H39N2O3+. The smallest absolute Gasteiger partial charge is 0.306 e. The Morgan fingerprint density at radius 2 is 1.85 bits per heavy atom. The molecule has 2 heterocycles. The van der Waals surface area contributed by atoms with E-state index >= 15 is 0 Å². The number of rotatable bonds is 11. The lowest BCUT2D eigenvalue weighted by Gasteiger charge is -2.40. The second kappa shape index (κ2) is 10.9. The first-order valence-corrected chi connectivity index (χ1v) is 10.8. The fraction of sp³-hybridized carbons (Fsp3) is 0.905. The molecule has 0 saturated carbocycles. The maximum Gasteiger partial charge on any atom is 0.306 e. The molecule has 2 saturated heterocycles. The average molecular weight is 368 g/mol. The zero-order valence-electron chi connectivity index (χ0n) is 17.0. The molecule has 0 aromatic heterocycles. The number of piperidine rings is 1. The number of unbranched alkanes of at least 4 members (excludes halogenated alkanes) is 4. The standard InChI is InChI=1S/C21H39N2O3/c1-3-4-5-6-8-13-21(25)26-19(17-22-14-11-12-20(22)24)18-23(2)15-9-7-10-16-23/h19H,3-18H2,1-2H3/q+1. The highest BCUT2D eigenvalue weighted by Gasteiger charge is 2.33. The van der Waals surface area contributed by atoms with Crippen LogP contribution >= 0.6 is 0 Å². The number of carbonyl (C=O) groups is 2. The number of hydrogen-bond acceptors (Lipinski definition) is 3. The maximum atomic E-state index is 12.4. The van der Waals surface area contributed by atoms with Gasteiger partial charge in [-0.3, -0.25) is 9.59 Å². The summed E-state index contributed by atoms with van der Waals surface area (Å²) in [4.78, 5) is 26.3. The maximum absolute atomic E-state index is 12.4. The summed E-state index contributed by atoms with van der Waals surface area (Å²) in [6.07, 6.45) is 11.4. The Morgan fingerprint density at radius 3 is 2.50 bits per heavy atom. The van der Waals surface area contributed by atoms with Crippen molar-refractivity contribution < 1.29 is 18.8 Å². The van der Waals surface area contributed by atoms with E-state index in [2.05, 4.69) is 14.0 Å². The van der Waals surface area contributed by atoms with Gasteiger partial charge in [-0.2, -0.15) is 0 Å². The lowest BCUT2D eigenvalue weighted by molar-refractivity contribution is -0.916. The van der Waals surface area contributed by atoms with Crippen LogP contribution in [0.25, 0.3) is 0 Å². The molecule has 1 atom stereocenters. The van der Waals surface area contributed by atoms with Crippen molar-refractivity contribution in [2.45, 2.75) is 83.7 Å². The SMILES string of the molecule is CCCCCCCC(=O)OC(CN1CCCC1=O)C[N+]1(C)CCCCC1. The van der Waals surface area contributed by atoms with Crippen LogP contribution < -0.4 is 0 Å². The van der Waals surface area contributed by atoms with Crippen molar-refractivity contribution in [2.24, 2.45) is 0 Å². The topological polar surface area (TPSA) is 46.6 Å². The highest BCUT2D eigenvalue weighted by atomic mass is 16.5. The Morgan fingerprint density at radius 1 is 1.12 bits per heavy atom. The van der Waals surface area contributed by atoms with E-state index in [1.54, 1.807) is 0 Å². The molecule has 0 aromatic carbocycles. The van der Waals surface area contributed by atoms with Gasteiger partial charge in [-0.25, -0.2) is 0 Å². The molecule has 0 N–H and O–H groups in total. The molecule has 150 valence electrons. The Balaban J connectivity index is 1.85. The van der Waals surface area contributed by atoms with Crippen LogP contribution in [-0.2, 0) is 14.3 Å². The minimum atomic E-state index is -0.164. The number of likely N-dealkylation sites (tertiary alicyclic amines) is 2. The molecular weight excluding hydrogens is 328 g/mol. The monoisotopic (exact) mass is 367 g/mol. The van der Waals surface area contributed by atoms with Crippen molar-refractivity contribution >= 4 is 11.9 Å². The predicted molar refractivity (Wildman–Crippen MR) is 104 cm³/mol. The van der Waals surface area contributed by atoms with Gasteiger partial charge < -0.3 is 14.1 Å². The van der Waals surface area contributed by atoms with E-state index in [1.807, 2.05) is 4.90 Å². The molecule has 0 bridgehead atoms. The van der Waals surface area contributed by atoms with Crippen LogP contribution in [0.2, 0.25) is 0 Å². The van der Waals surface area contributed by atoms with E-state index in [1.165, 1.54) is 38.5 Å². The van der Waals surface area contributed by atoms with E-state index in [9.17, 15) is 9.59 Å². The molecule has 1 unspecified atom stereocenters. The Bertz CT molecular complexity index is 447. The zero-order chi connectivity index (χ0) is 18.8. The predicted octanol–water partition coefficient (Wildman–Crippen LogP) is 3.51. The largest absolute Gasteiger partial charge is 0.454 e. The van der Waals surface area contributed by atoms with E-state index in [0.29, 0.717) is 19.4 Å². The highest BCUT2D eigenvalue weighted by molar-refractivity contribution is 5.78. The molecule has 2 aliphatic rings. The summed E-state index contributed by atoms with van der Waals surface area (Å²) in [5, 5.41) is 0. The van der Waals surface area contributed by atoms with E-state index in [0.717, 1.165) is 49.9 Å². The zero-order valence-corrected chi connectivity index (χ0v) is 17.0. The van der Waals surface area contributed by atoms with E-state index in [-0.39, 0.29) is 18.0 Å². The second-order valence-corrected chi connectivity index (χ2v) is 8.53. The summed E-state index contributed by atoms with van der Waals surface area (Å²) in [5.74, 6) is 0.133. The van der Waals surface area contributed by atoms with Gasteiger partial charge in [-0.15, -0.1) is 0 Å². The first kappa shape index (κ1) is 21.2. The van der Waals surface area contributed by atoms with Gasteiger partial charge in [-0.1, -0.05) is 32.6 Å². The van der Waals surface area contributed by atoms with Gasteiger partial charge in [-0.05, 0) is 32.1 Å². The van der Waals surface area contributed by atoms with E-state index < -0.39 is 0 Å². The van der Waals surface area contributed by atoms with Crippen LogP contribution in [0.4, 0.5) is 0 Å². The molecule has 2 aliphatic heterocycles. The number of nitrogens with zero attached hydrogens (tertiary/aromatic N) is 2. The Hall–Kier alpha value is -1.10. The van der Waals surface area contributed by atoms with Crippen LogP contribution in [0, 0.1) is 0 Å². The molecule has 0 radical (unpaired) electrons. The van der Waals surface area contributed by atoms with Crippen LogP contribution in [0.3, 0.4) is 0 Å². The van der Waals surface area contributed by atoms with Crippen molar-refractivity contribution in [2.75, 3.05) is 39.8 Å². The van der Waals surface area contributed by atoms with Crippen molar-refractivity contribution in [3.05, 3.63) is 0 Å². The van der Waals surface area contributed by atoms with Crippen LogP contribution in [0.15, 0.2) is 0 Å². The van der Waals surface area contributed by atoms with Gasteiger partial charge in [0.2, 0.25) is 5.91 Å². The van der Waals surface area contributed by atoms with Gasteiger partial charge in [0.25, 0.3) is 0 Å². The second-order valence-electron chi connectivity index (χ2n) is 8.53. The molecule has 0 aliphatic carbocycles. The van der Waals surface area contributed by atoms with Gasteiger partial charge >= 0.3 is 5.97 Å². The summed E-state index contributed by atoms with van der Waals surface area (Å²) in [6.45, 7) is 6.73. The molecule has 5 heteroatoms. The molecule has 0 aromatic rings. The molecule has 2 rings (SSSR count). The Labute approximate surface area is 159 Å². The quantitative estimate of drug-likeness (QED) is 0.319. The van der Waals surface area contributed by atoms with Gasteiger partial charge in [0.1, 0.15) is 6.54 Å². The minimum absolute atomic E-state index is 0.0817. The third-order valence-electron chi connectivity index (χ3n) is 5.92. The number of ether oxygens (including phenoxy) is 1. The normalized spacial score (nSPS) is 21.0. The molecule has 5 nitrogen and oxygen atoms in total. The number of likely N-dealkylation sites (N-methyl/N-ethyl adjacent to an activating group) is 1. The summed E-state index contributed by atoms with van der Waals surface area (Å²) in [7, 11) is 2.27. The number of carbonyl (C=O) groups excluding carboxylic acids is 2. The van der Waals surface area contributed by atoms with Crippen LogP contribution in [0.1, 0.15) is 77.6 Å². The molecule has 26 heavy (non-hydrogen) atoms. The fourth-order valence-corrected chi connectivity index (χ4v) is 4.34. The van der Waals surface area contributed by atoms with E-state index in [4.69, 9.17) is 4.74 Å². The fourth-order valence-electron chi connectivity index (χ4n) is 4.34. The molecule has 0 spiro atoms. The van der Waals surface area contributed by atoms with Crippen LogP contribution in [0.5, 0.6) is 0 Å². The van der Waals surface area contributed by atoms with Crippen molar-refractivity contribution in [1.29, 1.82) is 0 Å². The summed E-state index contributed by atoms with van der Waals surface area (Å²) in [6, 6.07) is 0. The number of hydrogen-bond donors (Lipinski definition) is 0. The van der Waals surface area contributed by atoms with Crippen molar-refractivity contribution in [3.8, 4) is 0 Å². The first-order valence-electron chi connectivity index (χ1n) is 10.8. The first-order chi connectivity index (χ1) is 12.5. The van der Waals surface area contributed by atoms with Gasteiger partial charge in [0.15, 0.2) is 6.10 Å². The number of amides is 1. The lowest BCUT2D eigenvalue weighted by Crippen LogP contribution is -2.54.